The van der Waals surface area contributed by atoms with Crippen LogP contribution in [0.25, 0.3) is 0 Å². The van der Waals surface area contributed by atoms with E-state index in [2.05, 4.69) is 15.8 Å². The lowest BCUT2D eigenvalue weighted by molar-refractivity contribution is -0.129. The molecule has 0 aliphatic rings. The predicted octanol–water partition coefficient (Wildman–Crippen LogP) is 2.49. The van der Waals surface area contributed by atoms with Crippen LogP contribution in [0.5, 0.6) is 0 Å². The minimum atomic E-state index is -0.298. The van der Waals surface area contributed by atoms with E-state index in [0.29, 0.717) is 5.02 Å². The van der Waals surface area contributed by atoms with E-state index >= 15 is 0 Å². The van der Waals surface area contributed by atoms with Gasteiger partial charge in [0, 0.05) is 22.1 Å². The largest absolute Gasteiger partial charge is 0.291 e. The third-order valence-corrected chi connectivity index (χ3v) is 4.91. The van der Waals surface area contributed by atoms with Gasteiger partial charge in [-0.3, -0.25) is 25.3 Å². The lowest BCUT2D eigenvalue weighted by Crippen LogP contribution is -2.46. The van der Waals surface area contributed by atoms with Crippen LogP contribution in [0.15, 0.2) is 29.6 Å². The van der Waals surface area contributed by atoms with Crippen LogP contribution < -0.4 is 10.9 Å². The highest BCUT2D eigenvalue weighted by molar-refractivity contribution is 7.09. The molecular formula is C17H21ClN4O2S. The zero-order valence-corrected chi connectivity index (χ0v) is 15.9. The van der Waals surface area contributed by atoms with Crippen LogP contribution in [0.4, 0.5) is 0 Å². The minimum Gasteiger partial charge on any atom is -0.291 e. The van der Waals surface area contributed by atoms with Gasteiger partial charge < -0.3 is 0 Å². The summed E-state index contributed by atoms with van der Waals surface area (Å²) in [5.41, 5.74) is 6.74. The Kier molecular flexibility index (Phi) is 6.92. The number of halogens is 1. The summed E-state index contributed by atoms with van der Waals surface area (Å²) in [6.07, 6.45) is 0.146. The van der Waals surface area contributed by atoms with Crippen LogP contribution in [-0.2, 0) is 16.0 Å². The van der Waals surface area contributed by atoms with Gasteiger partial charge in [-0.15, -0.1) is 11.3 Å². The highest BCUT2D eigenvalue weighted by Crippen LogP contribution is 2.21. The van der Waals surface area contributed by atoms with Gasteiger partial charge in [0.25, 0.3) is 5.91 Å². The maximum Gasteiger partial charge on any atom is 0.252 e. The van der Waals surface area contributed by atoms with Gasteiger partial charge in [-0.05, 0) is 38.6 Å². The first-order valence-electron chi connectivity index (χ1n) is 7.79. The summed E-state index contributed by atoms with van der Waals surface area (Å²) in [6.45, 7) is 4.00. The summed E-state index contributed by atoms with van der Waals surface area (Å²) in [6, 6.07) is 7.53. The number of amides is 2. The Bertz CT molecular complexity index is 750. The van der Waals surface area contributed by atoms with Crippen molar-refractivity contribution in [3.05, 3.63) is 50.9 Å². The maximum absolute atomic E-state index is 12.0. The van der Waals surface area contributed by atoms with Crippen molar-refractivity contribution in [3.63, 3.8) is 0 Å². The molecule has 0 fully saturated rings. The second kappa shape index (κ2) is 8.94. The monoisotopic (exact) mass is 380 g/mol. The van der Waals surface area contributed by atoms with Crippen molar-refractivity contribution in [2.24, 2.45) is 0 Å². The second-order valence-electron chi connectivity index (χ2n) is 5.80. The van der Waals surface area contributed by atoms with E-state index in [1.54, 1.807) is 0 Å². The van der Waals surface area contributed by atoms with Crippen LogP contribution in [-0.4, -0.2) is 35.3 Å². The Morgan fingerprint density at radius 2 is 2.04 bits per heavy atom. The van der Waals surface area contributed by atoms with Crippen molar-refractivity contribution < 1.29 is 9.59 Å². The molecular weight excluding hydrogens is 360 g/mol. The second-order valence-corrected chi connectivity index (χ2v) is 7.18. The third-order valence-electron chi connectivity index (χ3n) is 3.70. The summed E-state index contributed by atoms with van der Waals surface area (Å²) in [5.74, 6) is -0.590. The number of hydrogen-bond donors (Lipinski definition) is 2. The van der Waals surface area contributed by atoms with Crippen molar-refractivity contribution >= 4 is 34.8 Å². The van der Waals surface area contributed by atoms with Crippen molar-refractivity contribution in [1.82, 2.24) is 20.7 Å². The average Bonchev–Trinajstić information content (AvgIpc) is 2.97. The van der Waals surface area contributed by atoms with Crippen LogP contribution in [0, 0.1) is 6.92 Å². The molecule has 0 radical (unpaired) electrons. The number of thiazole rings is 1. The topological polar surface area (TPSA) is 74.3 Å². The van der Waals surface area contributed by atoms with E-state index in [9.17, 15) is 9.59 Å². The molecule has 8 heteroatoms. The molecule has 0 saturated heterocycles. The van der Waals surface area contributed by atoms with Gasteiger partial charge in [-0.1, -0.05) is 23.7 Å². The molecule has 1 heterocycles. The van der Waals surface area contributed by atoms with Gasteiger partial charge in [-0.25, -0.2) is 4.98 Å². The first kappa shape index (κ1) is 19.4. The SMILES string of the molecule is Cc1csc(CC(=O)NNC(=O)CN(C)C(C)c2cccc(Cl)c2)n1. The molecule has 1 aromatic heterocycles. The molecule has 134 valence electrons. The fraction of sp³-hybridized carbons (Fsp3) is 0.353. The number of rotatable bonds is 6. The molecule has 2 N–H and O–H groups in total. The molecule has 6 nitrogen and oxygen atoms in total. The van der Waals surface area contributed by atoms with E-state index in [1.165, 1.54) is 11.3 Å². The first-order valence-corrected chi connectivity index (χ1v) is 9.05. The molecule has 1 aromatic carbocycles. The Morgan fingerprint density at radius 1 is 1.32 bits per heavy atom. The number of carbonyl (C=O) groups excluding carboxylic acids is 2. The average molecular weight is 381 g/mol. The van der Waals surface area contributed by atoms with Gasteiger partial charge >= 0.3 is 0 Å². The number of benzene rings is 1. The van der Waals surface area contributed by atoms with Crippen molar-refractivity contribution in [2.75, 3.05) is 13.6 Å². The third kappa shape index (κ3) is 6.12. The maximum atomic E-state index is 12.0. The quantitative estimate of drug-likeness (QED) is 0.755. The standard InChI is InChI=1S/C17H21ClN4O2S/c1-11-10-25-17(19-11)8-15(23)20-21-16(24)9-22(3)12(2)13-5-4-6-14(18)7-13/h4-7,10,12H,8-9H2,1-3H3,(H,20,23)(H,21,24). The fourth-order valence-electron chi connectivity index (χ4n) is 2.23. The molecule has 2 rings (SSSR count). The van der Waals surface area contributed by atoms with Crippen LogP contribution >= 0.6 is 22.9 Å². The molecule has 1 atom stereocenters. The summed E-state index contributed by atoms with van der Waals surface area (Å²) in [7, 11) is 1.84. The van der Waals surface area contributed by atoms with Crippen molar-refractivity contribution in [2.45, 2.75) is 26.3 Å². The molecule has 0 bridgehead atoms. The normalized spacial score (nSPS) is 12.0. The summed E-state index contributed by atoms with van der Waals surface area (Å²) < 4.78 is 0. The summed E-state index contributed by atoms with van der Waals surface area (Å²) in [5, 5.41) is 3.26. The Hall–Kier alpha value is -1.96. The van der Waals surface area contributed by atoms with Crippen molar-refractivity contribution in [3.8, 4) is 0 Å². The van der Waals surface area contributed by atoms with E-state index in [-0.39, 0.29) is 30.8 Å². The summed E-state index contributed by atoms with van der Waals surface area (Å²) in [4.78, 5) is 29.9. The van der Waals surface area contributed by atoms with E-state index in [1.807, 2.05) is 55.4 Å². The first-order chi connectivity index (χ1) is 11.8. The predicted molar refractivity (Wildman–Crippen MR) is 99.3 cm³/mol. The smallest absolute Gasteiger partial charge is 0.252 e. The highest BCUT2D eigenvalue weighted by Gasteiger charge is 2.16. The van der Waals surface area contributed by atoms with E-state index in [4.69, 9.17) is 11.6 Å². The van der Waals surface area contributed by atoms with Gasteiger partial charge in [-0.2, -0.15) is 0 Å². The lowest BCUT2D eigenvalue weighted by Gasteiger charge is -2.24. The molecule has 25 heavy (non-hydrogen) atoms. The number of hydrazine groups is 1. The zero-order chi connectivity index (χ0) is 18.4. The number of aromatic nitrogens is 1. The number of hydrogen-bond acceptors (Lipinski definition) is 5. The Morgan fingerprint density at radius 3 is 2.68 bits per heavy atom. The number of nitrogens with one attached hydrogen (secondary N) is 2. The van der Waals surface area contributed by atoms with Crippen LogP contribution in [0.1, 0.15) is 29.2 Å². The van der Waals surface area contributed by atoms with Gasteiger partial charge in [0.1, 0.15) is 5.01 Å². The van der Waals surface area contributed by atoms with E-state index < -0.39 is 0 Å². The zero-order valence-electron chi connectivity index (χ0n) is 14.4. The van der Waals surface area contributed by atoms with Gasteiger partial charge in [0.05, 0.1) is 13.0 Å². The lowest BCUT2D eigenvalue weighted by atomic mass is 10.1. The summed E-state index contributed by atoms with van der Waals surface area (Å²) >= 11 is 7.42. The number of likely N-dealkylation sites (N-methyl/N-ethyl adjacent to an activating group) is 1. The molecule has 2 aromatic rings. The highest BCUT2D eigenvalue weighted by atomic mass is 35.5. The fourth-order valence-corrected chi connectivity index (χ4v) is 3.20. The van der Waals surface area contributed by atoms with E-state index in [0.717, 1.165) is 16.3 Å². The number of carbonyl (C=O) groups is 2. The van der Waals surface area contributed by atoms with Crippen molar-refractivity contribution in [1.29, 1.82) is 0 Å². The number of nitrogens with zero attached hydrogens (tertiary/aromatic N) is 2. The van der Waals surface area contributed by atoms with Crippen LogP contribution in [0.2, 0.25) is 5.02 Å². The minimum absolute atomic E-state index is 0.0124. The Balaban J connectivity index is 1.78. The molecule has 2 amide bonds. The molecule has 0 aliphatic heterocycles. The molecule has 1 unspecified atom stereocenters. The van der Waals surface area contributed by atoms with Gasteiger partial charge in [0.15, 0.2) is 0 Å². The molecule has 0 aliphatic carbocycles. The molecule has 0 saturated carbocycles. The Labute approximate surface area is 156 Å². The van der Waals surface area contributed by atoms with Crippen LogP contribution in [0.3, 0.4) is 0 Å². The number of aryl methyl sites for hydroxylation is 1. The van der Waals surface area contributed by atoms with Gasteiger partial charge in [0.2, 0.25) is 5.91 Å². The molecule has 0 spiro atoms.